The molecule has 0 saturated heterocycles. The lowest BCUT2D eigenvalue weighted by Gasteiger charge is -2.01. The molecule has 0 amide bonds. The molecule has 1 N–H and O–H groups in total. The highest BCUT2D eigenvalue weighted by Crippen LogP contribution is 2.10. The Balaban J connectivity index is 0.000000604. The number of hydrogen-bond acceptors (Lipinski definition) is 3. The maximum Gasteiger partial charge on any atom is 0.264 e. The van der Waals surface area contributed by atoms with Crippen molar-refractivity contribution in [1.82, 2.24) is 4.98 Å². The summed E-state index contributed by atoms with van der Waals surface area (Å²) in [5.41, 5.74) is 0. The van der Waals surface area contributed by atoms with E-state index in [4.69, 9.17) is 4.55 Å². The molecule has 0 aliphatic rings. The summed E-state index contributed by atoms with van der Waals surface area (Å²) in [7, 11) is -3.73. The van der Waals surface area contributed by atoms with Crippen molar-refractivity contribution in [2.75, 3.05) is 5.75 Å². The van der Waals surface area contributed by atoms with Gasteiger partial charge in [-0.2, -0.15) is 8.42 Å². The highest BCUT2D eigenvalue weighted by atomic mass is 32.2. The lowest BCUT2D eigenvalue weighted by atomic mass is 10.1. The molecule has 0 aromatic carbocycles. The van der Waals surface area contributed by atoms with Crippen molar-refractivity contribution in [3.8, 4) is 0 Å². The SMILES string of the molecule is CCCCCCCCCCCCS(=O)(=O)O.c1ccncc1. The predicted octanol–water partition coefficient (Wildman–Crippen LogP) is 4.88. The van der Waals surface area contributed by atoms with Crippen LogP contribution in [0.1, 0.15) is 71.1 Å². The largest absolute Gasteiger partial charge is 0.286 e. The van der Waals surface area contributed by atoms with Crippen LogP contribution >= 0.6 is 0 Å². The molecule has 128 valence electrons. The molecular weight excluding hydrogens is 298 g/mol. The van der Waals surface area contributed by atoms with Gasteiger partial charge in [0.2, 0.25) is 0 Å². The average Bonchev–Trinajstić information content (AvgIpc) is 2.50. The molecule has 0 fully saturated rings. The normalized spacial score (nSPS) is 10.8. The minimum absolute atomic E-state index is 0.0799. The summed E-state index contributed by atoms with van der Waals surface area (Å²) in [4.78, 5) is 3.78. The summed E-state index contributed by atoms with van der Waals surface area (Å²) in [5, 5.41) is 0. The minimum atomic E-state index is -3.73. The molecule has 0 radical (unpaired) electrons. The minimum Gasteiger partial charge on any atom is -0.286 e. The van der Waals surface area contributed by atoms with Gasteiger partial charge in [0.05, 0.1) is 5.75 Å². The molecule has 1 rings (SSSR count). The molecule has 1 aromatic rings. The van der Waals surface area contributed by atoms with Crippen LogP contribution in [-0.4, -0.2) is 23.7 Å². The fourth-order valence-electron chi connectivity index (χ4n) is 2.08. The Morgan fingerprint density at radius 3 is 1.55 bits per heavy atom. The van der Waals surface area contributed by atoms with E-state index >= 15 is 0 Å². The van der Waals surface area contributed by atoms with Crippen molar-refractivity contribution < 1.29 is 13.0 Å². The van der Waals surface area contributed by atoms with E-state index in [1.165, 1.54) is 44.9 Å². The molecule has 4 nitrogen and oxygen atoms in total. The first kappa shape index (κ1) is 21.1. The fraction of sp³-hybridized carbons (Fsp3) is 0.706. The van der Waals surface area contributed by atoms with Crippen LogP contribution in [0.15, 0.2) is 30.6 Å². The van der Waals surface area contributed by atoms with Crippen molar-refractivity contribution >= 4 is 10.1 Å². The second-order valence-electron chi connectivity index (χ2n) is 5.49. The molecule has 0 saturated carbocycles. The van der Waals surface area contributed by atoms with Crippen molar-refractivity contribution in [1.29, 1.82) is 0 Å². The lowest BCUT2D eigenvalue weighted by Crippen LogP contribution is -2.03. The number of unbranched alkanes of at least 4 members (excludes halogenated alkanes) is 9. The molecule has 0 aliphatic carbocycles. The molecule has 0 aliphatic heterocycles. The zero-order valence-electron chi connectivity index (χ0n) is 13.8. The van der Waals surface area contributed by atoms with Crippen molar-refractivity contribution in [2.24, 2.45) is 0 Å². The zero-order chi connectivity index (χ0) is 16.5. The third kappa shape index (κ3) is 19.1. The third-order valence-corrected chi connectivity index (χ3v) is 4.13. The summed E-state index contributed by atoms with van der Waals surface area (Å²) in [6, 6.07) is 5.72. The molecular formula is C17H31NO3S. The van der Waals surface area contributed by atoms with Crippen LogP contribution in [0.2, 0.25) is 0 Å². The van der Waals surface area contributed by atoms with Crippen LogP contribution in [0, 0.1) is 0 Å². The van der Waals surface area contributed by atoms with E-state index in [0.29, 0.717) is 6.42 Å². The molecule has 0 bridgehead atoms. The van der Waals surface area contributed by atoms with Crippen molar-refractivity contribution in [3.63, 3.8) is 0 Å². The summed E-state index contributed by atoms with van der Waals surface area (Å²) in [5.74, 6) is -0.0799. The van der Waals surface area contributed by atoms with E-state index in [1.807, 2.05) is 18.2 Å². The van der Waals surface area contributed by atoms with Gasteiger partial charge in [-0.3, -0.25) is 9.54 Å². The van der Waals surface area contributed by atoms with Gasteiger partial charge in [-0.1, -0.05) is 70.8 Å². The van der Waals surface area contributed by atoms with Crippen LogP contribution in [0.3, 0.4) is 0 Å². The predicted molar refractivity (Wildman–Crippen MR) is 92.5 cm³/mol. The first-order chi connectivity index (χ1) is 10.6. The van der Waals surface area contributed by atoms with E-state index in [-0.39, 0.29) is 5.75 Å². The van der Waals surface area contributed by atoms with Crippen LogP contribution in [-0.2, 0) is 10.1 Å². The van der Waals surface area contributed by atoms with Crippen LogP contribution in [0.4, 0.5) is 0 Å². The van der Waals surface area contributed by atoms with Gasteiger partial charge in [0.1, 0.15) is 0 Å². The van der Waals surface area contributed by atoms with Gasteiger partial charge in [0.15, 0.2) is 0 Å². The molecule has 1 aromatic heterocycles. The van der Waals surface area contributed by atoms with Gasteiger partial charge in [0.25, 0.3) is 10.1 Å². The van der Waals surface area contributed by atoms with Gasteiger partial charge in [-0.15, -0.1) is 0 Å². The quantitative estimate of drug-likeness (QED) is 0.464. The molecule has 0 spiro atoms. The summed E-state index contributed by atoms with van der Waals surface area (Å²) >= 11 is 0. The van der Waals surface area contributed by atoms with Gasteiger partial charge >= 0.3 is 0 Å². The standard InChI is InChI=1S/C12H26O3S.C5H5N/c1-2-3-4-5-6-7-8-9-10-11-12-16(13,14)15;1-2-4-6-5-3-1/h2-12H2,1H3,(H,13,14,15);1-5H. The number of pyridine rings is 1. The van der Waals surface area contributed by atoms with Gasteiger partial charge < -0.3 is 0 Å². The molecule has 1 heterocycles. The topological polar surface area (TPSA) is 67.3 Å². The van der Waals surface area contributed by atoms with Gasteiger partial charge in [-0.05, 0) is 18.6 Å². The Morgan fingerprint density at radius 2 is 1.23 bits per heavy atom. The maximum absolute atomic E-state index is 10.4. The molecule has 5 heteroatoms. The lowest BCUT2D eigenvalue weighted by molar-refractivity contribution is 0.478. The first-order valence-electron chi connectivity index (χ1n) is 8.36. The third-order valence-electron chi connectivity index (χ3n) is 3.32. The number of rotatable bonds is 11. The second kappa shape index (κ2) is 15.0. The van der Waals surface area contributed by atoms with Crippen molar-refractivity contribution in [3.05, 3.63) is 30.6 Å². The fourth-order valence-corrected chi connectivity index (χ4v) is 2.65. The molecule has 22 heavy (non-hydrogen) atoms. The monoisotopic (exact) mass is 329 g/mol. The number of nitrogens with zero attached hydrogens (tertiary/aromatic N) is 1. The molecule has 0 unspecified atom stereocenters. The van der Waals surface area contributed by atoms with Crippen molar-refractivity contribution in [2.45, 2.75) is 71.1 Å². The van der Waals surface area contributed by atoms with E-state index in [0.717, 1.165) is 12.8 Å². The van der Waals surface area contributed by atoms with Crippen LogP contribution in [0.5, 0.6) is 0 Å². The Morgan fingerprint density at radius 1 is 0.773 bits per heavy atom. The van der Waals surface area contributed by atoms with E-state index in [2.05, 4.69) is 11.9 Å². The Hall–Kier alpha value is -0.940. The smallest absolute Gasteiger partial charge is 0.264 e. The first-order valence-corrected chi connectivity index (χ1v) is 9.97. The van der Waals surface area contributed by atoms with Gasteiger partial charge in [-0.25, -0.2) is 0 Å². The maximum atomic E-state index is 10.4. The highest BCUT2D eigenvalue weighted by molar-refractivity contribution is 7.85. The highest BCUT2D eigenvalue weighted by Gasteiger charge is 2.02. The number of hydrogen-bond donors (Lipinski definition) is 1. The molecule has 0 atom stereocenters. The summed E-state index contributed by atoms with van der Waals surface area (Å²) in [6.45, 7) is 2.22. The van der Waals surface area contributed by atoms with Gasteiger partial charge in [0, 0.05) is 12.4 Å². The second-order valence-corrected chi connectivity index (χ2v) is 7.06. The van der Waals surface area contributed by atoms with Crippen LogP contribution in [0.25, 0.3) is 0 Å². The summed E-state index contributed by atoms with van der Waals surface area (Å²) < 4.78 is 29.4. The Kier molecular flexibility index (Phi) is 14.3. The van der Waals surface area contributed by atoms with E-state index < -0.39 is 10.1 Å². The Bertz CT molecular complexity index is 394. The van der Waals surface area contributed by atoms with Crippen LogP contribution < -0.4 is 0 Å². The zero-order valence-corrected chi connectivity index (χ0v) is 14.6. The van der Waals surface area contributed by atoms with E-state index in [1.54, 1.807) is 12.4 Å². The van der Waals surface area contributed by atoms with E-state index in [9.17, 15) is 8.42 Å². The average molecular weight is 330 g/mol. The Labute approximate surface area is 136 Å². The number of aromatic nitrogens is 1. The summed E-state index contributed by atoms with van der Waals surface area (Å²) in [6.07, 6.45) is 15.2.